The molecule has 1 heterocycles. The molecule has 6 heteroatoms. The number of carbonyl (C=O) groups is 2. The van der Waals surface area contributed by atoms with E-state index in [4.69, 9.17) is 11.6 Å². The number of benzene rings is 2. The van der Waals surface area contributed by atoms with Gasteiger partial charge in [-0.2, -0.15) is 0 Å². The third kappa shape index (κ3) is 4.68. The molecule has 0 spiro atoms. The van der Waals surface area contributed by atoms with Crippen molar-refractivity contribution in [1.29, 1.82) is 0 Å². The largest absolute Gasteiger partial charge is 0.326 e. The van der Waals surface area contributed by atoms with E-state index in [0.29, 0.717) is 22.1 Å². The molecule has 0 saturated carbocycles. The van der Waals surface area contributed by atoms with Crippen molar-refractivity contribution in [2.45, 2.75) is 6.92 Å². The van der Waals surface area contributed by atoms with Crippen molar-refractivity contribution in [1.82, 2.24) is 4.98 Å². The Bertz CT molecular complexity index is 998. The highest BCUT2D eigenvalue weighted by Crippen LogP contribution is 2.18. The van der Waals surface area contributed by atoms with Crippen LogP contribution in [0.15, 0.2) is 60.7 Å². The fourth-order valence-electron chi connectivity index (χ4n) is 2.38. The predicted octanol–water partition coefficient (Wildman–Crippen LogP) is 4.50. The molecule has 2 aromatic carbocycles. The van der Waals surface area contributed by atoms with Crippen LogP contribution in [0.25, 0.3) is 17.0 Å². The number of aromatic nitrogens is 1. The van der Waals surface area contributed by atoms with Gasteiger partial charge in [0.1, 0.15) is 0 Å². The van der Waals surface area contributed by atoms with Crippen LogP contribution in [0.3, 0.4) is 0 Å². The van der Waals surface area contributed by atoms with Crippen molar-refractivity contribution < 1.29 is 9.59 Å². The molecule has 0 unspecified atom stereocenters. The van der Waals surface area contributed by atoms with Crippen LogP contribution in [0.1, 0.15) is 12.6 Å². The number of fused-ring (bicyclic) bond motifs is 1. The lowest BCUT2D eigenvalue weighted by Gasteiger charge is -2.05. The van der Waals surface area contributed by atoms with Crippen LogP contribution >= 0.6 is 11.6 Å². The minimum atomic E-state index is -0.273. The van der Waals surface area contributed by atoms with E-state index in [1.165, 1.54) is 13.0 Å². The molecule has 5 nitrogen and oxygen atoms in total. The Labute approximate surface area is 155 Å². The van der Waals surface area contributed by atoms with Gasteiger partial charge in [0, 0.05) is 34.8 Å². The highest BCUT2D eigenvalue weighted by molar-refractivity contribution is 6.31. The van der Waals surface area contributed by atoms with Gasteiger partial charge in [-0.3, -0.25) is 9.59 Å². The highest BCUT2D eigenvalue weighted by atomic mass is 35.5. The maximum absolute atomic E-state index is 12.0. The van der Waals surface area contributed by atoms with Crippen LogP contribution < -0.4 is 10.6 Å². The smallest absolute Gasteiger partial charge is 0.248 e. The molecule has 130 valence electrons. The van der Waals surface area contributed by atoms with Crippen LogP contribution in [0, 0.1) is 0 Å². The van der Waals surface area contributed by atoms with E-state index >= 15 is 0 Å². The van der Waals surface area contributed by atoms with Gasteiger partial charge >= 0.3 is 0 Å². The molecule has 0 aliphatic heterocycles. The zero-order chi connectivity index (χ0) is 18.5. The van der Waals surface area contributed by atoms with Crippen LogP contribution in [-0.4, -0.2) is 16.8 Å². The number of hydrogen-bond acceptors (Lipinski definition) is 3. The Morgan fingerprint density at radius 1 is 0.962 bits per heavy atom. The number of pyridine rings is 1. The van der Waals surface area contributed by atoms with Crippen molar-refractivity contribution in [3.8, 4) is 0 Å². The van der Waals surface area contributed by atoms with E-state index in [-0.39, 0.29) is 11.8 Å². The summed E-state index contributed by atoms with van der Waals surface area (Å²) in [4.78, 5) is 27.5. The topological polar surface area (TPSA) is 71.1 Å². The molecule has 0 fully saturated rings. The van der Waals surface area contributed by atoms with Gasteiger partial charge in [0.05, 0.1) is 11.2 Å². The number of nitrogens with zero attached hydrogens (tertiary/aromatic N) is 1. The fourth-order valence-corrected chi connectivity index (χ4v) is 2.55. The van der Waals surface area contributed by atoms with Gasteiger partial charge in [-0.25, -0.2) is 4.98 Å². The number of amides is 2. The summed E-state index contributed by atoms with van der Waals surface area (Å²) in [5.74, 6) is -0.417. The summed E-state index contributed by atoms with van der Waals surface area (Å²) < 4.78 is 0. The van der Waals surface area contributed by atoms with Crippen LogP contribution in [-0.2, 0) is 9.59 Å². The average Bonchev–Trinajstić information content (AvgIpc) is 2.61. The summed E-state index contributed by atoms with van der Waals surface area (Å²) in [5.41, 5.74) is 2.74. The van der Waals surface area contributed by atoms with E-state index in [2.05, 4.69) is 15.6 Å². The second-order valence-electron chi connectivity index (χ2n) is 5.65. The first kappa shape index (κ1) is 17.6. The monoisotopic (exact) mass is 365 g/mol. The quantitative estimate of drug-likeness (QED) is 0.669. The molecule has 3 aromatic rings. The van der Waals surface area contributed by atoms with E-state index in [0.717, 1.165) is 10.9 Å². The van der Waals surface area contributed by atoms with Gasteiger partial charge in [-0.1, -0.05) is 23.7 Å². The molecular formula is C20H16ClN3O2. The zero-order valence-electron chi connectivity index (χ0n) is 14.0. The van der Waals surface area contributed by atoms with Gasteiger partial charge in [-0.15, -0.1) is 0 Å². The van der Waals surface area contributed by atoms with Crippen LogP contribution in [0.5, 0.6) is 0 Å². The van der Waals surface area contributed by atoms with Gasteiger partial charge in [0.15, 0.2) is 0 Å². The molecule has 0 bridgehead atoms. The normalized spacial score (nSPS) is 10.8. The van der Waals surface area contributed by atoms with Crippen molar-refractivity contribution in [2.24, 2.45) is 0 Å². The molecule has 0 atom stereocenters. The Balaban J connectivity index is 1.66. The first-order valence-corrected chi connectivity index (χ1v) is 8.30. The molecule has 2 N–H and O–H groups in total. The number of halogens is 1. The minimum absolute atomic E-state index is 0.145. The Kier molecular flexibility index (Phi) is 5.29. The average molecular weight is 366 g/mol. The van der Waals surface area contributed by atoms with E-state index in [1.54, 1.807) is 36.4 Å². The lowest BCUT2D eigenvalue weighted by molar-refractivity contribution is -0.114. The van der Waals surface area contributed by atoms with E-state index in [1.807, 2.05) is 24.3 Å². The Hall–Kier alpha value is -3.18. The zero-order valence-corrected chi connectivity index (χ0v) is 14.7. The summed E-state index contributed by atoms with van der Waals surface area (Å²) in [6.07, 6.45) is 3.06. The lowest BCUT2D eigenvalue weighted by Crippen LogP contribution is -2.08. The number of anilines is 2. The van der Waals surface area contributed by atoms with E-state index < -0.39 is 0 Å². The molecule has 0 aliphatic carbocycles. The first-order valence-electron chi connectivity index (χ1n) is 7.93. The maximum Gasteiger partial charge on any atom is 0.248 e. The summed E-state index contributed by atoms with van der Waals surface area (Å²) in [6, 6.07) is 16.1. The first-order chi connectivity index (χ1) is 12.5. The summed E-state index contributed by atoms with van der Waals surface area (Å²) in [6.45, 7) is 1.44. The molecular weight excluding hydrogens is 350 g/mol. The SMILES string of the molecule is CC(=O)Nc1ccc(NC(=O)C=Cc2ccc3ccc(Cl)cc3n2)cc1. The number of carbonyl (C=O) groups excluding carboxylic acids is 2. The molecule has 1 aromatic heterocycles. The lowest BCUT2D eigenvalue weighted by atomic mass is 10.2. The van der Waals surface area contributed by atoms with Crippen LogP contribution in [0.2, 0.25) is 5.02 Å². The van der Waals surface area contributed by atoms with Crippen molar-refractivity contribution >= 4 is 51.8 Å². The third-order valence-corrected chi connectivity index (χ3v) is 3.79. The molecule has 0 saturated heterocycles. The van der Waals surface area contributed by atoms with Gasteiger partial charge < -0.3 is 10.6 Å². The third-order valence-electron chi connectivity index (χ3n) is 3.55. The van der Waals surface area contributed by atoms with Gasteiger partial charge in [0.25, 0.3) is 0 Å². The molecule has 3 rings (SSSR count). The van der Waals surface area contributed by atoms with Crippen molar-refractivity contribution in [3.63, 3.8) is 0 Å². The number of rotatable bonds is 4. The van der Waals surface area contributed by atoms with Gasteiger partial charge in [-0.05, 0) is 48.5 Å². The molecule has 0 radical (unpaired) electrons. The number of nitrogens with one attached hydrogen (secondary N) is 2. The maximum atomic E-state index is 12.0. The Morgan fingerprint density at radius 2 is 1.62 bits per heavy atom. The predicted molar refractivity (Wildman–Crippen MR) is 105 cm³/mol. The fraction of sp³-hybridized carbons (Fsp3) is 0.0500. The standard InChI is InChI=1S/C20H16ClN3O2/c1-13(25)22-16-6-8-18(9-7-16)24-20(26)11-10-17-5-3-14-2-4-15(21)12-19(14)23-17/h2-12H,1H3,(H,22,25)(H,24,26). The molecule has 2 amide bonds. The summed E-state index contributed by atoms with van der Waals surface area (Å²) in [5, 5.41) is 7.02. The molecule has 26 heavy (non-hydrogen) atoms. The van der Waals surface area contributed by atoms with Gasteiger partial charge in [0.2, 0.25) is 11.8 Å². The minimum Gasteiger partial charge on any atom is -0.326 e. The van der Waals surface area contributed by atoms with E-state index in [9.17, 15) is 9.59 Å². The summed E-state index contributed by atoms with van der Waals surface area (Å²) in [7, 11) is 0. The molecule has 0 aliphatic rings. The van der Waals surface area contributed by atoms with Crippen LogP contribution in [0.4, 0.5) is 11.4 Å². The Morgan fingerprint density at radius 3 is 2.31 bits per heavy atom. The second kappa shape index (κ2) is 7.80. The highest BCUT2D eigenvalue weighted by Gasteiger charge is 2.01. The second-order valence-corrected chi connectivity index (χ2v) is 6.09. The van der Waals surface area contributed by atoms with Crippen molar-refractivity contribution in [3.05, 3.63) is 71.4 Å². The summed E-state index contributed by atoms with van der Waals surface area (Å²) >= 11 is 5.98. The number of hydrogen-bond donors (Lipinski definition) is 2. The van der Waals surface area contributed by atoms with Crippen molar-refractivity contribution in [2.75, 3.05) is 10.6 Å².